The molecule has 0 saturated heterocycles. The maximum atomic E-state index is 12.0. The van der Waals surface area contributed by atoms with E-state index in [0.29, 0.717) is 32.9 Å². The van der Waals surface area contributed by atoms with Gasteiger partial charge in [0.2, 0.25) is 5.91 Å². The molecule has 0 bridgehead atoms. The van der Waals surface area contributed by atoms with Crippen molar-refractivity contribution in [1.82, 2.24) is 10.3 Å². The van der Waals surface area contributed by atoms with E-state index in [9.17, 15) is 4.79 Å². The van der Waals surface area contributed by atoms with E-state index in [-0.39, 0.29) is 5.11 Å². The van der Waals surface area contributed by atoms with Crippen molar-refractivity contribution in [2.24, 2.45) is 0 Å². The highest BCUT2D eigenvalue weighted by molar-refractivity contribution is 9.10. The largest absolute Gasteiger partial charge is 0.457 e. The van der Waals surface area contributed by atoms with Gasteiger partial charge in [-0.2, -0.15) is 0 Å². The molecule has 2 aromatic heterocycles. The first-order chi connectivity index (χ1) is 13.4. The first-order valence-electron chi connectivity index (χ1n) is 7.87. The third kappa shape index (κ3) is 5.65. The average molecular weight is 497 g/mol. The Bertz CT molecular complexity index is 1050. The topological polar surface area (TPSA) is 67.2 Å². The van der Waals surface area contributed by atoms with E-state index in [1.54, 1.807) is 48.7 Å². The second kappa shape index (κ2) is 9.34. The Morgan fingerprint density at radius 2 is 2.00 bits per heavy atom. The van der Waals surface area contributed by atoms with Crippen LogP contribution in [0, 0.1) is 0 Å². The summed E-state index contributed by atoms with van der Waals surface area (Å²) in [7, 11) is 0. The lowest BCUT2D eigenvalue weighted by Gasteiger charge is -2.06. The number of halogens is 3. The number of amides is 1. The van der Waals surface area contributed by atoms with Gasteiger partial charge in [0.05, 0.1) is 5.02 Å². The number of carbonyl (C=O) groups is 1. The number of hydrogen-bond acceptors (Lipinski definition) is 4. The zero-order valence-electron chi connectivity index (χ0n) is 14.1. The molecule has 0 aliphatic heterocycles. The normalized spacial score (nSPS) is 10.8. The maximum absolute atomic E-state index is 12.0. The number of hydrogen-bond donors (Lipinski definition) is 2. The number of benzene rings is 1. The highest BCUT2D eigenvalue weighted by atomic mass is 79.9. The fourth-order valence-electron chi connectivity index (χ4n) is 2.19. The zero-order chi connectivity index (χ0) is 20.1. The average Bonchev–Trinajstić information content (AvgIpc) is 3.10. The van der Waals surface area contributed by atoms with E-state index in [4.69, 9.17) is 39.8 Å². The number of rotatable bonds is 4. The SMILES string of the molecule is O=C(/C=C/c1ccc(-c2ccc(Cl)cc2Cl)o1)NC(=S)Nc1ccc(Br)cn1. The number of pyridine rings is 1. The summed E-state index contributed by atoms with van der Waals surface area (Å²) in [4.78, 5) is 16.1. The number of furan rings is 1. The molecule has 0 aliphatic rings. The predicted octanol–water partition coefficient (Wildman–Crippen LogP) is 5.94. The van der Waals surface area contributed by atoms with E-state index in [0.717, 1.165) is 4.47 Å². The third-order valence-electron chi connectivity index (χ3n) is 3.43. The van der Waals surface area contributed by atoms with Crippen molar-refractivity contribution >= 4 is 74.3 Å². The molecule has 9 heteroatoms. The molecule has 0 spiro atoms. The molecule has 0 unspecified atom stereocenters. The lowest BCUT2D eigenvalue weighted by molar-refractivity contribution is -0.115. The van der Waals surface area contributed by atoms with Crippen molar-refractivity contribution in [3.63, 3.8) is 0 Å². The Kier molecular flexibility index (Phi) is 6.85. The molecular formula is C19H12BrCl2N3O2S. The minimum absolute atomic E-state index is 0.137. The predicted molar refractivity (Wildman–Crippen MR) is 119 cm³/mol. The van der Waals surface area contributed by atoms with Gasteiger partial charge in [-0.1, -0.05) is 23.2 Å². The van der Waals surface area contributed by atoms with Crippen LogP contribution in [0.5, 0.6) is 0 Å². The summed E-state index contributed by atoms with van der Waals surface area (Å²) in [6.07, 6.45) is 4.46. The minimum atomic E-state index is -0.405. The first kappa shape index (κ1) is 20.5. The summed E-state index contributed by atoms with van der Waals surface area (Å²) in [5.41, 5.74) is 0.711. The summed E-state index contributed by atoms with van der Waals surface area (Å²) >= 11 is 20.5. The van der Waals surface area contributed by atoms with E-state index >= 15 is 0 Å². The van der Waals surface area contributed by atoms with Gasteiger partial charge in [0, 0.05) is 27.3 Å². The first-order valence-corrected chi connectivity index (χ1v) is 9.83. The van der Waals surface area contributed by atoms with Gasteiger partial charge in [0.15, 0.2) is 5.11 Å². The molecule has 5 nitrogen and oxygen atoms in total. The number of aromatic nitrogens is 1. The molecule has 0 aliphatic carbocycles. The van der Waals surface area contributed by atoms with Gasteiger partial charge < -0.3 is 9.73 Å². The molecule has 3 rings (SSSR count). The molecule has 0 saturated carbocycles. The van der Waals surface area contributed by atoms with Crippen LogP contribution >= 0.6 is 51.3 Å². The molecule has 142 valence electrons. The molecule has 0 atom stereocenters. The molecule has 1 amide bonds. The van der Waals surface area contributed by atoms with Gasteiger partial charge in [-0.05, 0) is 76.7 Å². The molecule has 2 heterocycles. The number of nitrogens with one attached hydrogen (secondary N) is 2. The summed E-state index contributed by atoms with van der Waals surface area (Å²) < 4.78 is 6.54. The smallest absolute Gasteiger partial charge is 0.250 e. The molecule has 0 radical (unpaired) electrons. The van der Waals surface area contributed by atoms with Crippen molar-refractivity contribution in [3.05, 3.63) is 75.0 Å². The maximum Gasteiger partial charge on any atom is 0.250 e. The van der Waals surface area contributed by atoms with Crippen molar-refractivity contribution in [1.29, 1.82) is 0 Å². The standard InChI is InChI=1S/C19H12BrCl2N3O2S/c20-11-1-7-17(23-10-11)24-19(28)25-18(26)8-4-13-3-6-16(27-13)14-5-2-12(21)9-15(14)22/h1-10H,(H2,23,24,25,26,28)/b8-4+. The Morgan fingerprint density at radius 1 is 1.18 bits per heavy atom. The lowest BCUT2D eigenvalue weighted by Crippen LogP contribution is -2.33. The quantitative estimate of drug-likeness (QED) is 0.345. The van der Waals surface area contributed by atoms with Gasteiger partial charge >= 0.3 is 0 Å². The van der Waals surface area contributed by atoms with Crippen LogP contribution < -0.4 is 10.6 Å². The molecule has 1 aromatic carbocycles. The van der Waals surface area contributed by atoms with Crippen LogP contribution in [0.15, 0.2) is 63.6 Å². The highest BCUT2D eigenvalue weighted by Crippen LogP contribution is 2.31. The lowest BCUT2D eigenvalue weighted by atomic mass is 10.2. The molecule has 3 aromatic rings. The Hall–Kier alpha value is -2.19. The summed E-state index contributed by atoms with van der Waals surface area (Å²) in [5, 5.41) is 6.51. The van der Waals surface area contributed by atoms with Crippen LogP contribution in [0.2, 0.25) is 10.0 Å². The number of thiocarbonyl (C=S) groups is 1. The third-order valence-corrected chi connectivity index (χ3v) is 4.65. The van der Waals surface area contributed by atoms with Crippen LogP contribution in [0.1, 0.15) is 5.76 Å². The molecule has 28 heavy (non-hydrogen) atoms. The van der Waals surface area contributed by atoms with E-state index in [1.165, 1.54) is 12.2 Å². The van der Waals surface area contributed by atoms with E-state index in [2.05, 4.69) is 31.5 Å². The van der Waals surface area contributed by atoms with Crippen LogP contribution in [0.4, 0.5) is 5.82 Å². The van der Waals surface area contributed by atoms with Crippen molar-refractivity contribution in [2.75, 3.05) is 5.32 Å². The fraction of sp³-hybridized carbons (Fsp3) is 0. The van der Waals surface area contributed by atoms with Crippen LogP contribution in [0.25, 0.3) is 17.4 Å². The molecule has 2 N–H and O–H groups in total. The summed E-state index contributed by atoms with van der Waals surface area (Å²) in [6, 6.07) is 12.2. The Morgan fingerprint density at radius 3 is 2.71 bits per heavy atom. The van der Waals surface area contributed by atoms with Crippen molar-refractivity contribution < 1.29 is 9.21 Å². The van der Waals surface area contributed by atoms with Crippen molar-refractivity contribution in [3.8, 4) is 11.3 Å². The number of anilines is 1. The molecular weight excluding hydrogens is 485 g/mol. The minimum Gasteiger partial charge on any atom is -0.457 e. The van der Waals surface area contributed by atoms with Gasteiger partial charge in [0.1, 0.15) is 17.3 Å². The Labute approximate surface area is 184 Å². The van der Waals surface area contributed by atoms with E-state index < -0.39 is 5.91 Å². The Balaban J connectivity index is 1.59. The van der Waals surface area contributed by atoms with Gasteiger partial charge in [-0.15, -0.1) is 0 Å². The van der Waals surface area contributed by atoms with Crippen LogP contribution in [0.3, 0.4) is 0 Å². The summed E-state index contributed by atoms with van der Waals surface area (Å²) in [6.45, 7) is 0. The second-order valence-electron chi connectivity index (χ2n) is 5.46. The van der Waals surface area contributed by atoms with Gasteiger partial charge in [-0.3, -0.25) is 10.1 Å². The highest BCUT2D eigenvalue weighted by Gasteiger charge is 2.09. The zero-order valence-corrected chi connectivity index (χ0v) is 18.0. The fourth-order valence-corrected chi connectivity index (χ4v) is 3.13. The summed E-state index contributed by atoms with van der Waals surface area (Å²) in [5.74, 6) is 1.18. The monoisotopic (exact) mass is 495 g/mol. The number of carbonyl (C=O) groups excluding carboxylic acids is 1. The van der Waals surface area contributed by atoms with Gasteiger partial charge in [0.25, 0.3) is 0 Å². The van der Waals surface area contributed by atoms with Crippen molar-refractivity contribution in [2.45, 2.75) is 0 Å². The second-order valence-corrected chi connectivity index (χ2v) is 7.63. The molecule has 0 fully saturated rings. The van der Waals surface area contributed by atoms with E-state index in [1.807, 2.05) is 0 Å². The number of nitrogens with zero attached hydrogens (tertiary/aromatic N) is 1. The van der Waals surface area contributed by atoms with Gasteiger partial charge in [-0.25, -0.2) is 4.98 Å². The van der Waals surface area contributed by atoms with Crippen LogP contribution in [-0.2, 0) is 4.79 Å². The van der Waals surface area contributed by atoms with Crippen LogP contribution in [-0.4, -0.2) is 16.0 Å².